The van der Waals surface area contributed by atoms with E-state index >= 15 is 0 Å². The smallest absolute Gasteiger partial charge is 0.240 e. The molecular weight excluding hydrogens is 523 g/mol. The van der Waals surface area contributed by atoms with E-state index in [1.165, 1.54) is 17.7 Å². The van der Waals surface area contributed by atoms with Crippen molar-refractivity contribution >= 4 is 38.8 Å². The molecule has 0 bridgehead atoms. The predicted octanol–water partition coefficient (Wildman–Crippen LogP) is 4.98. The van der Waals surface area contributed by atoms with Gasteiger partial charge in [0.15, 0.2) is 0 Å². The van der Waals surface area contributed by atoms with Crippen LogP contribution in [0.5, 0.6) is 0 Å². The van der Waals surface area contributed by atoms with Gasteiger partial charge >= 0.3 is 0 Å². The third-order valence-electron chi connectivity index (χ3n) is 6.35. The number of nitrogens with one attached hydrogen (secondary N) is 3. The molecule has 3 N–H and O–H groups in total. The Morgan fingerprint density at radius 3 is 2.45 bits per heavy atom. The van der Waals surface area contributed by atoms with Crippen molar-refractivity contribution in [1.82, 2.24) is 19.6 Å². The number of benzene rings is 2. The van der Waals surface area contributed by atoms with Gasteiger partial charge in [-0.3, -0.25) is 4.90 Å². The van der Waals surface area contributed by atoms with E-state index < -0.39 is 10.0 Å². The Kier molecular flexibility index (Phi) is 8.28. The lowest BCUT2D eigenvalue weighted by molar-refractivity contribution is 0.200. The number of likely N-dealkylation sites (tertiary alicyclic amines) is 1. The van der Waals surface area contributed by atoms with Crippen LogP contribution in [0.2, 0.25) is 0 Å². The number of thiophene rings is 1. The largest absolute Gasteiger partial charge is 0.350 e. The number of halogens is 1. The number of hydrogen-bond acceptors (Lipinski definition) is 8. The van der Waals surface area contributed by atoms with E-state index in [1.807, 2.05) is 0 Å². The molecule has 38 heavy (non-hydrogen) atoms. The number of nitrogens with zero attached hydrogens (tertiary/aromatic N) is 3. The monoisotopic (exact) mass is 552 g/mol. The summed E-state index contributed by atoms with van der Waals surface area (Å²) in [5.41, 5.74) is 2.92. The maximum Gasteiger partial charge on any atom is 0.240 e. The highest BCUT2D eigenvalue weighted by atomic mass is 32.2. The first-order valence-corrected chi connectivity index (χ1v) is 14.8. The topological polar surface area (TPSA) is 99.3 Å². The summed E-state index contributed by atoms with van der Waals surface area (Å²) in [6, 6.07) is 16.6. The molecule has 1 aliphatic rings. The zero-order chi connectivity index (χ0) is 26.4. The van der Waals surface area contributed by atoms with Crippen molar-refractivity contribution in [3.05, 3.63) is 94.6 Å². The van der Waals surface area contributed by atoms with Crippen LogP contribution < -0.4 is 15.4 Å². The molecule has 3 heterocycles. The first kappa shape index (κ1) is 26.2. The average molecular weight is 553 g/mol. The van der Waals surface area contributed by atoms with Gasteiger partial charge in [-0.15, -0.1) is 0 Å². The highest BCUT2D eigenvalue weighted by molar-refractivity contribution is 7.89. The molecule has 0 atom stereocenters. The fraction of sp³-hybridized carbons (Fsp3) is 0.259. The Morgan fingerprint density at radius 2 is 1.74 bits per heavy atom. The van der Waals surface area contributed by atoms with E-state index in [0.29, 0.717) is 24.0 Å². The van der Waals surface area contributed by atoms with Gasteiger partial charge < -0.3 is 10.6 Å². The molecule has 0 spiro atoms. The van der Waals surface area contributed by atoms with Gasteiger partial charge in [0.1, 0.15) is 11.6 Å². The lowest BCUT2D eigenvalue weighted by Crippen LogP contribution is -2.44. The van der Waals surface area contributed by atoms with Crippen molar-refractivity contribution in [3.63, 3.8) is 0 Å². The summed E-state index contributed by atoms with van der Waals surface area (Å²) in [5.74, 6) is 0.681. The van der Waals surface area contributed by atoms with Gasteiger partial charge in [-0.05, 0) is 83.3 Å². The molecule has 1 fully saturated rings. The van der Waals surface area contributed by atoms with Gasteiger partial charge in [-0.25, -0.2) is 22.5 Å². The minimum atomic E-state index is -3.59. The second kappa shape index (κ2) is 12.0. The summed E-state index contributed by atoms with van der Waals surface area (Å²) in [6.07, 6.45) is 3.20. The maximum absolute atomic E-state index is 13.1. The molecule has 5 rings (SSSR count). The molecule has 0 aliphatic carbocycles. The predicted molar refractivity (Wildman–Crippen MR) is 148 cm³/mol. The number of aromatic nitrogens is 2. The van der Waals surface area contributed by atoms with Crippen LogP contribution in [0.25, 0.3) is 0 Å². The van der Waals surface area contributed by atoms with Crippen LogP contribution in [0.4, 0.5) is 21.8 Å². The minimum Gasteiger partial charge on any atom is -0.350 e. The molecule has 0 unspecified atom stereocenters. The summed E-state index contributed by atoms with van der Waals surface area (Å²) in [5, 5.41) is 10.5. The molecule has 8 nitrogen and oxygen atoms in total. The normalized spacial score (nSPS) is 14.9. The number of piperidine rings is 1. The van der Waals surface area contributed by atoms with Crippen molar-refractivity contribution in [3.8, 4) is 0 Å². The highest BCUT2D eigenvalue weighted by Crippen LogP contribution is 2.19. The summed E-state index contributed by atoms with van der Waals surface area (Å²) in [4.78, 5) is 11.3. The lowest BCUT2D eigenvalue weighted by atomic mass is 10.1. The van der Waals surface area contributed by atoms with Crippen LogP contribution in [0, 0.1) is 5.82 Å². The van der Waals surface area contributed by atoms with Crippen LogP contribution in [-0.4, -0.2) is 42.4 Å². The quantitative estimate of drug-likeness (QED) is 0.255. The van der Waals surface area contributed by atoms with Gasteiger partial charge in [0, 0.05) is 44.1 Å². The summed E-state index contributed by atoms with van der Waals surface area (Å²) in [6.45, 7) is 3.08. The maximum atomic E-state index is 13.1. The first-order chi connectivity index (χ1) is 18.4. The number of rotatable bonds is 10. The molecule has 4 aromatic rings. The Morgan fingerprint density at radius 1 is 0.974 bits per heavy atom. The SMILES string of the molecule is O=S(=O)(NC1CCN(Cc2ccsc2)CC1)c1ccc(CNc2nccc(Nc3ccc(F)cc3)n2)cc1. The molecule has 0 radical (unpaired) electrons. The van der Waals surface area contributed by atoms with E-state index in [0.717, 1.165) is 38.0 Å². The second-order valence-corrected chi connectivity index (χ2v) is 11.7. The van der Waals surface area contributed by atoms with Crippen LogP contribution in [0.1, 0.15) is 24.0 Å². The number of anilines is 3. The summed E-state index contributed by atoms with van der Waals surface area (Å²) < 4.78 is 41.9. The molecule has 0 saturated carbocycles. The third-order valence-corrected chi connectivity index (χ3v) is 8.62. The van der Waals surface area contributed by atoms with E-state index in [-0.39, 0.29) is 16.8 Å². The van der Waals surface area contributed by atoms with Gasteiger partial charge in [0.25, 0.3) is 0 Å². The number of sulfonamides is 1. The first-order valence-electron chi connectivity index (χ1n) is 12.4. The van der Waals surface area contributed by atoms with Crippen LogP contribution in [0.15, 0.2) is 82.5 Å². The van der Waals surface area contributed by atoms with E-state index in [1.54, 1.807) is 60.0 Å². The molecular formula is C27H29FN6O2S2. The van der Waals surface area contributed by atoms with E-state index in [2.05, 4.69) is 47.1 Å². The Labute approximate surface area is 226 Å². The fourth-order valence-electron chi connectivity index (χ4n) is 4.30. The average Bonchev–Trinajstić information content (AvgIpc) is 3.43. The van der Waals surface area contributed by atoms with Crippen molar-refractivity contribution in [2.24, 2.45) is 0 Å². The zero-order valence-electron chi connectivity index (χ0n) is 20.7. The minimum absolute atomic E-state index is 0.0620. The summed E-state index contributed by atoms with van der Waals surface area (Å²) in [7, 11) is -3.59. The van der Waals surface area contributed by atoms with Crippen LogP contribution in [-0.2, 0) is 23.1 Å². The molecule has 0 amide bonds. The molecule has 2 aromatic heterocycles. The van der Waals surface area contributed by atoms with Gasteiger partial charge in [0.05, 0.1) is 4.90 Å². The standard InChI is InChI=1S/C27H29FN6O2S2/c28-22-3-5-23(6-4-22)31-26-9-13-29-27(32-26)30-17-20-1-7-25(8-2-20)38(35,36)33-24-10-14-34(15-11-24)18-21-12-16-37-19-21/h1-9,12-13,16,19,24,33H,10-11,14-15,17-18H2,(H2,29,30,31,32). The Balaban J connectivity index is 1.11. The van der Waals surface area contributed by atoms with Gasteiger partial charge in [0.2, 0.25) is 16.0 Å². The molecule has 198 valence electrons. The van der Waals surface area contributed by atoms with Crippen LogP contribution >= 0.6 is 11.3 Å². The fourth-order valence-corrected chi connectivity index (χ4v) is 6.26. The van der Waals surface area contributed by atoms with Crippen molar-refractivity contribution in [1.29, 1.82) is 0 Å². The molecule has 1 saturated heterocycles. The second-order valence-electron chi connectivity index (χ2n) is 9.20. The van der Waals surface area contributed by atoms with E-state index in [4.69, 9.17) is 0 Å². The van der Waals surface area contributed by atoms with Crippen LogP contribution in [0.3, 0.4) is 0 Å². The molecule has 11 heteroatoms. The van der Waals surface area contributed by atoms with Crippen molar-refractivity contribution < 1.29 is 12.8 Å². The molecule has 2 aromatic carbocycles. The lowest BCUT2D eigenvalue weighted by Gasteiger charge is -2.32. The van der Waals surface area contributed by atoms with Gasteiger partial charge in [-0.1, -0.05) is 12.1 Å². The van der Waals surface area contributed by atoms with Crippen molar-refractivity contribution in [2.75, 3.05) is 23.7 Å². The highest BCUT2D eigenvalue weighted by Gasteiger charge is 2.24. The van der Waals surface area contributed by atoms with Crippen molar-refractivity contribution in [2.45, 2.75) is 36.9 Å². The third kappa shape index (κ3) is 7.13. The zero-order valence-corrected chi connectivity index (χ0v) is 22.3. The Bertz CT molecular complexity index is 1420. The summed E-state index contributed by atoms with van der Waals surface area (Å²) >= 11 is 1.70. The van der Waals surface area contributed by atoms with E-state index in [9.17, 15) is 12.8 Å². The Hall–Kier alpha value is -3.38. The van der Waals surface area contributed by atoms with Gasteiger partial charge in [-0.2, -0.15) is 16.3 Å². The number of hydrogen-bond donors (Lipinski definition) is 3. The molecule has 1 aliphatic heterocycles.